The van der Waals surface area contributed by atoms with Gasteiger partial charge in [0.05, 0.1) is 0 Å². The molecule has 3 unspecified atom stereocenters. The number of piperazine rings is 1. The molecule has 108 valence electrons. The van der Waals surface area contributed by atoms with Gasteiger partial charge in [-0.1, -0.05) is 20.3 Å². The van der Waals surface area contributed by atoms with Crippen LogP contribution in [-0.2, 0) is 4.74 Å². The van der Waals surface area contributed by atoms with Crippen LogP contribution in [0.15, 0.2) is 0 Å². The van der Waals surface area contributed by atoms with Gasteiger partial charge in [0.15, 0.2) is 0 Å². The largest absolute Gasteiger partial charge is 0.385 e. The highest BCUT2D eigenvalue weighted by Gasteiger charge is 2.35. The second-order valence-electron chi connectivity index (χ2n) is 6.04. The molecule has 3 atom stereocenters. The molecule has 0 aliphatic carbocycles. The van der Waals surface area contributed by atoms with Crippen LogP contribution in [0.2, 0.25) is 0 Å². The lowest BCUT2D eigenvalue weighted by Crippen LogP contribution is -2.64. The van der Waals surface area contributed by atoms with Crippen molar-refractivity contribution in [3.8, 4) is 0 Å². The fourth-order valence-electron chi connectivity index (χ4n) is 2.88. The molecule has 1 fully saturated rings. The first kappa shape index (κ1) is 15.9. The second-order valence-corrected chi connectivity index (χ2v) is 6.04. The van der Waals surface area contributed by atoms with E-state index in [1.165, 1.54) is 25.8 Å². The topological polar surface area (TPSA) is 24.5 Å². The molecule has 1 aliphatic heterocycles. The van der Waals surface area contributed by atoms with Crippen LogP contribution < -0.4 is 5.32 Å². The molecule has 0 aromatic carbocycles. The van der Waals surface area contributed by atoms with Gasteiger partial charge in [-0.15, -0.1) is 0 Å². The van der Waals surface area contributed by atoms with Crippen LogP contribution in [0.5, 0.6) is 0 Å². The lowest BCUT2D eigenvalue weighted by atomic mass is 9.90. The van der Waals surface area contributed by atoms with Crippen molar-refractivity contribution in [1.29, 1.82) is 0 Å². The van der Waals surface area contributed by atoms with E-state index < -0.39 is 0 Å². The Morgan fingerprint density at radius 2 is 2.17 bits per heavy atom. The highest BCUT2D eigenvalue weighted by molar-refractivity contribution is 4.95. The van der Waals surface area contributed by atoms with Gasteiger partial charge in [0.2, 0.25) is 0 Å². The monoisotopic (exact) mass is 256 g/mol. The highest BCUT2D eigenvalue weighted by Crippen LogP contribution is 2.24. The molecule has 18 heavy (non-hydrogen) atoms. The van der Waals surface area contributed by atoms with E-state index in [-0.39, 0.29) is 5.54 Å². The minimum atomic E-state index is 0.283. The van der Waals surface area contributed by atoms with Crippen molar-refractivity contribution in [2.45, 2.75) is 71.0 Å². The van der Waals surface area contributed by atoms with Crippen molar-refractivity contribution in [2.75, 3.05) is 26.8 Å². The molecule has 1 saturated heterocycles. The molecule has 0 radical (unpaired) electrons. The normalized spacial score (nSPS) is 31.5. The van der Waals surface area contributed by atoms with Crippen LogP contribution in [0.4, 0.5) is 0 Å². The molecule has 1 aliphatic rings. The summed E-state index contributed by atoms with van der Waals surface area (Å²) in [7, 11) is 1.80. The van der Waals surface area contributed by atoms with E-state index >= 15 is 0 Å². The summed E-state index contributed by atoms with van der Waals surface area (Å²) in [5, 5.41) is 3.75. The Balaban J connectivity index is 2.65. The van der Waals surface area contributed by atoms with E-state index in [9.17, 15) is 0 Å². The smallest absolute Gasteiger partial charge is 0.0477 e. The van der Waals surface area contributed by atoms with Gasteiger partial charge in [0, 0.05) is 44.4 Å². The molecule has 0 saturated carbocycles. The molecule has 0 bridgehead atoms. The predicted molar refractivity (Wildman–Crippen MR) is 78.1 cm³/mol. The predicted octanol–water partition coefficient (Wildman–Crippen LogP) is 2.65. The average molecular weight is 256 g/mol. The summed E-state index contributed by atoms with van der Waals surface area (Å²) < 4.78 is 5.23. The maximum Gasteiger partial charge on any atom is 0.0477 e. The van der Waals surface area contributed by atoms with E-state index in [4.69, 9.17) is 4.74 Å². The van der Waals surface area contributed by atoms with Gasteiger partial charge in [-0.05, 0) is 33.1 Å². The number of methoxy groups -OCH3 is 1. The maximum absolute atomic E-state index is 5.23. The van der Waals surface area contributed by atoms with Gasteiger partial charge >= 0.3 is 0 Å². The quantitative estimate of drug-likeness (QED) is 0.758. The van der Waals surface area contributed by atoms with Crippen molar-refractivity contribution in [1.82, 2.24) is 10.2 Å². The molecule has 1 heterocycles. The summed E-state index contributed by atoms with van der Waals surface area (Å²) in [6, 6.07) is 1.32. The second kappa shape index (κ2) is 7.46. The SMILES string of the molecule is CCCC1CNC(C)(CC)CN1C(C)CCOC. The van der Waals surface area contributed by atoms with E-state index in [0.29, 0.717) is 12.1 Å². The highest BCUT2D eigenvalue weighted by atomic mass is 16.5. The van der Waals surface area contributed by atoms with Gasteiger partial charge in [0.25, 0.3) is 0 Å². The Morgan fingerprint density at radius 1 is 1.44 bits per heavy atom. The fraction of sp³-hybridized carbons (Fsp3) is 1.00. The van der Waals surface area contributed by atoms with Gasteiger partial charge < -0.3 is 10.1 Å². The first-order valence-corrected chi connectivity index (χ1v) is 7.56. The Hall–Kier alpha value is -0.120. The van der Waals surface area contributed by atoms with Crippen molar-refractivity contribution >= 4 is 0 Å². The van der Waals surface area contributed by atoms with Crippen LogP contribution in [0.25, 0.3) is 0 Å². The standard InChI is InChI=1S/C15H32N2O/c1-6-8-14-11-16-15(4,7-2)12-17(14)13(3)9-10-18-5/h13-14,16H,6-12H2,1-5H3. The Morgan fingerprint density at radius 3 is 2.72 bits per heavy atom. The molecule has 0 spiro atoms. The minimum absolute atomic E-state index is 0.283. The number of hydrogen-bond acceptors (Lipinski definition) is 3. The third-order valence-electron chi connectivity index (χ3n) is 4.47. The number of nitrogens with one attached hydrogen (secondary N) is 1. The lowest BCUT2D eigenvalue weighted by molar-refractivity contribution is 0.0344. The fourth-order valence-corrected chi connectivity index (χ4v) is 2.88. The minimum Gasteiger partial charge on any atom is -0.385 e. The van der Waals surface area contributed by atoms with Crippen molar-refractivity contribution < 1.29 is 4.74 Å². The number of ether oxygens (including phenoxy) is 1. The van der Waals surface area contributed by atoms with Crippen molar-refractivity contribution in [3.05, 3.63) is 0 Å². The summed E-state index contributed by atoms with van der Waals surface area (Å²) in [4.78, 5) is 2.71. The van der Waals surface area contributed by atoms with Crippen molar-refractivity contribution in [2.24, 2.45) is 0 Å². The number of nitrogens with zero attached hydrogens (tertiary/aromatic N) is 1. The Kier molecular flexibility index (Phi) is 6.61. The third-order valence-corrected chi connectivity index (χ3v) is 4.47. The van der Waals surface area contributed by atoms with Crippen LogP contribution >= 0.6 is 0 Å². The van der Waals surface area contributed by atoms with Gasteiger partial charge in [0.1, 0.15) is 0 Å². The first-order chi connectivity index (χ1) is 8.56. The Bertz CT molecular complexity index is 235. The molecular weight excluding hydrogens is 224 g/mol. The molecule has 3 heteroatoms. The molecule has 1 rings (SSSR count). The summed E-state index contributed by atoms with van der Waals surface area (Å²) in [5.74, 6) is 0. The molecule has 1 N–H and O–H groups in total. The van der Waals surface area contributed by atoms with Crippen LogP contribution in [-0.4, -0.2) is 49.3 Å². The van der Waals surface area contributed by atoms with Gasteiger partial charge in [-0.2, -0.15) is 0 Å². The maximum atomic E-state index is 5.23. The molecule has 0 aromatic heterocycles. The van der Waals surface area contributed by atoms with Gasteiger partial charge in [-0.25, -0.2) is 0 Å². The van der Waals surface area contributed by atoms with E-state index in [1.807, 2.05) is 0 Å². The van der Waals surface area contributed by atoms with Crippen LogP contribution in [0.3, 0.4) is 0 Å². The van der Waals surface area contributed by atoms with E-state index in [2.05, 4.69) is 37.9 Å². The van der Waals surface area contributed by atoms with Crippen LogP contribution in [0, 0.1) is 0 Å². The summed E-state index contributed by atoms with van der Waals surface area (Å²) in [5.41, 5.74) is 0.283. The summed E-state index contributed by atoms with van der Waals surface area (Å²) >= 11 is 0. The average Bonchev–Trinajstić information content (AvgIpc) is 2.38. The molecule has 0 aromatic rings. The zero-order chi connectivity index (χ0) is 13.6. The summed E-state index contributed by atoms with van der Waals surface area (Å²) in [6.45, 7) is 12.4. The molecule has 0 amide bonds. The zero-order valence-corrected chi connectivity index (χ0v) is 13.0. The zero-order valence-electron chi connectivity index (χ0n) is 13.0. The van der Waals surface area contributed by atoms with E-state index in [0.717, 1.165) is 19.6 Å². The first-order valence-electron chi connectivity index (χ1n) is 7.56. The van der Waals surface area contributed by atoms with Gasteiger partial charge in [-0.3, -0.25) is 4.90 Å². The van der Waals surface area contributed by atoms with Crippen molar-refractivity contribution in [3.63, 3.8) is 0 Å². The van der Waals surface area contributed by atoms with E-state index in [1.54, 1.807) is 7.11 Å². The molecule has 3 nitrogen and oxygen atoms in total. The molecular formula is C15H32N2O. The van der Waals surface area contributed by atoms with Crippen LogP contribution in [0.1, 0.15) is 53.4 Å². The Labute approximate surface area is 113 Å². The number of rotatable bonds is 7. The summed E-state index contributed by atoms with van der Waals surface area (Å²) in [6.07, 6.45) is 4.89. The number of hydrogen-bond donors (Lipinski definition) is 1. The lowest BCUT2D eigenvalue weighted by Gasteiger charge is -2.48. The third kappa shape index (κ3) is 4.22.